The average molecular weight is 299 g/mol. The molecule has 1 saturated carbocycles. The summed E-state index contributed by atoms with van der Waals surface area (Å²) in [5.74, 6) is 0.599. The first-order valence-corrected chi connectivity index (χ1v) is 7.84. The SMILES string of the molecule is CC(CC1CC1)NS(=O)(=O)c1ccc([N+](=O)[O-])cc1N. The van der Waals surface area contributed by atoms with Crippen molar-refractivity contribution < 1.29 is 13.3 Å². The van der Waals surface area contributed by atoms with E-state index in [4.69, 9.17) is 5.73 Å². The summed E-state index contributed by atoms with van der Waals surface area (Å²) < 4.78 is 26.9. The van der Waals surface area contributed by atoms with Crippen LogP contribution in [-0.2, 0) is 10.0 Å². The Kier molecular flexibility index (Phi) is 3.96. The maximum absolute atomic E-state index is 12.2. The summed E-state index contributed by atoms with van der Waals surface area (Å²) >= 11 is 0. The van der Waals surface area contributed by atoms with Crippen molar-refractivity contribution in [3.8, 4) is 0 Å². The van der Waals surface area contributed by atoms with Crippen LogP contribution in [0.5, 0.6) is 0 Å². The lowest BCUT2D eigenvalue weighted by Gasteiger charge is -2.14. The number of hydrogen-bond donors (Lipinski definition) is 2. The van der Waals surface area contributed by atoms with Crippen molar-refractivity contribution in [3.63, 3.8) is 0 Å². The van der Waals surface area contributed by atoms with Gasteiger partial charge in [0.1, 0.15) is 4.90 Å². The van der Waals surface area contributed by atoms with Crippen LogP contribution in [0.25, 0.3) is 0 Å². The van der Waals surface area contributed by atoms with Crippen LogP contribution in [0, 0.1) is 16.0 Å². The van der Waals surface area contributed by atoms with Gasteiger partial charge < -0.3 is 5.73 Å². The number of non-ortho nitro benzene ring substituents is 1. The minimum atomic E-state index is -3.75. The number of anilines is 1. The van der Waals surface area contributed by atoms with E-state index in [1.54, 1.807) is 6.92 Å². The number of rotatable bonds is 6. The van der Waals surface area contributed by atoms with Crippen molar-refractivity contribution in [2.24, 2.45) is 5.92 Å². The molecule has 110 valence electrons. The van der Waals surface area contributed by atoms with Crippen LogP contribution >= 0.6 is 0 Å². The third-order valence-corrected chi connectivity index (χ3v) is 4.90. The molecule has 1 aliphatic rings. The summed E-state index contributed by atoms with van der Waals surface area (Å²) in [6.45, 7) is 1.80. The predicted octanol–water partition coefficient (Wildman–Crippen LogP) is 1.64. The molecule has 1 aliphatic carbocycles. The quantitative estimate of drug-likeness (QED) is 0.470. The third kappa shape index (κ3) is 3.45. The summed E-state index contributed by atoms with van der Waals surface area (Å²) in [4.78, 5) is 9.87. The van der Waals surface area contributed by atoms with Crippen LogP contribution in [-0.4, -0.2) is 19.4 Å². The Balaban J connectivity index is 2.17. The zero-order valence-electron chi connectivity index (χ0n) is 11.1. The second kappa shape index (κ2) is 5.37. The predicted molar refractivity (Wildman–Crippen MR) is 74.6 cm³/mol. The molecule has 1 aromatic carbocycles. The van der Waals surface area contributed by atoms with Crippen LogP contribution in [0.1, 0.15) is 26.2 Å². The number of nitrogens with two attached hydrogens (primary N) is 1. The van der Waals surface area contributed by atoms with E-state index in [1.807, 2.05) is 0 Å². The molecule has 1 aromatic rings. The van der Waals surface area contributed by atoms with Gasteiger partial charge in [-0.15, -0.1) is 0 Å². The van der Waals surface area contributed by atoms with Crippen molar-refractivity contribution >= 4 is 21.4 Å². The topological polar surface area (TPSA) is 115 Å². The monoisotopic (exact) mass is 299 g/mol. The fourth-order valence-electron chi connectivity index (χ4n) is 2.12. The van der Waals surface area contributed by atoms with Crippen LogP contribution in [0.15, 0.2) is 23.1 Å². The molecule has 0 aliphatic heterocycles. The normalized spacial score (nSPS) is 16.9. The van der Waals surface area contributed by atoms with Crippen molar-refractivity contribution in [1.29, 1.82) is 0 Å². The molecule has 0 amide bonds. The lowest BCUT2D eigenvalue weighted by atomic mass is 10.2. The summed E-state index contributed by atoms with van der Waals surface area (Å²) in [6, 6.07) is 3.18. The molecule has 1 atom stereocenters. The number of nitro groups is 1. The molecule has 0 radical (unpaired) electrons. The molecule has 1 fully saturated rings. The molecule has 0 aromatic heterocycles. The van der Waals surface area contributed by atoms with E-state index >= 15 is 0 Å². The number of nitrogen functional groups attached to an aromatic ring is 1. The largest absolute Gasteiger partial charge is 0.397 e. The van der Waals surface area contributed by atoms with E-state index in [9.17, 15) is 18.5 Å². The number of nitrogens with zero attached hydrogens (tertiary/aromatic N) is 1. The third-order valence-electron chi connectivity index (χ3n) is 3.23. The Bertz CT molecular complexity index is 626. The Morgan fingerprint density at radius 3 is 2.65 bits per heavy atom. The second-order valence-electron chi connectivity index (χ2n) is 5.18. The molecule has 7 nitrogen and oxygen atoms in total. The molecule has 2 rings (SSSR count). The first kappa shape index (κ1) is 14.7. The van der Waals surface area contributed by atoms with Crippen LogP contribution in [0.3, 0.4) is 0 Å². The smallest absolute Gasteiger partial charge is 0.271 e. The van der Waals surface area contributed by atoms with Crippen molar-refractivity contribution in [2.75, 3.05) is 5.73 Å². The van der Waals surface area contributed by atoms with Gasteiger partial charge in [0.05, 0.1) is 10.6 Å². The zero-order valence-corrected chi connectivity index (χ0v) is 11.9. The average Bonchev–Trinajstić information content (AvgIpc) is 3.11. The van der Waals surface area contributed by atoms with Crippen LogP contribution in [0.4, 0.5) is 11.4 Å². The second-order valence-corrected chi connectivity index (χ2v) is 6.86. The van der Waals surface area contributed by atoms with E-state index in [2.05, 4.69) is 4.72 Å². The van der Waals surface area contributed by atoms with E-state index in [0.29, 0.717) is 5.92 Å². The van der Waals surface area contributed by atoms with Gasteiger partial charge >= 0.3 is 0 Å². The lowest BCUT2D eigenvalue weighted by molar-refractivity contribution is -0.384. The van der Waals surface area contributed by atoms with E-state index < -0.39 is 14.9 Å². The number of nitro benzene ring substituents is 1. The molecule has 20 heavy (non-hydrogen) atoms. The molecule has 3 N–H and O–H groups in total. The minimum absolute atomic E-state index is 0.120. The fraction of sp³-hybridized carbons (Fsp3) is 0.500. The molecule has 0 heterocycles. The maximum Gasteiger partial charge on any atom is 0.271 e. The van der Waals surface area contributed by atoms with Gasteiger partial charge in [0.15, 0.2) is 0 Å². The molecule has 8 heteroatoms. The summed E-state index contributed by atoms with van der Waals surface area (Å²) in [6.07, 6.45) is 3.09. The van der Waals surface area contributed by atoms with Gasteiger partial charge in [0.25, 0.3) is 5.69 Å². The fourth-order valence-corrected chi connectivity index (χ4v) is 3.49. The highest BCUT2D eigenvalue weighted by atomic mass is 32.2. The first-order valence-electron chi connectivity index (χ1n) is 6.36. The molecular formula is C12H17N3O4S. The Labute approximate surface area is 117 Å². The van der Waals surface area contributed by atoms with Gasteiger partial charge in [-0.1, -0.05) is 12.8 Å². The Hall–Kier alpha value is -1.67. The maximum atomic E-state index is 12.2. The molecule has 1 unspecified atom stereocenters. The molecule has 0 spiro atoms. The first-order chi connectivity index (χ1) is 9.29. The number of nitrogens with one attached hydrogen (secondary N) is 1. The van der Waals surface area contributed by atoms with Gasteiger partial charge in [-0.25, -0.2) is 13.1 Å². The van der Waals surface area contributed by atoms with Crippen LogP contribution in [0.2, 0.25) is 0 Å². The van der Waals surface area contributed by atoms with Crippen molar-refractivity contribution in [2.45, 2.75) is 37.1 Å². The van der Waals surface area contributed by atoms with E-state index in [-0.39, 0.29) is 22.3 Å². The van der Waals surface area contributed by atoms with Gasteiger partial charge in [-0.05, 0) is 25.3 Å². The van der Waals surface area contributed by atoms with Gasteiger partial charge in [0.2, 0.25) is 10.0 Å². The molecule has 0 bridgehead atoms. The zero-order chi connectivity index (χ0) is 14.9. The summed E-state index contributed by atoms with van der Waals surface area (Å²) in [7, 11) is -3.75. The highest BCUT2D eigenvalue weighted by Gasteiger charge is 2.27. The van der Waals surface area contributed by atoms with Crippen LogP contribution < -0.4 is 10.5 Å². The molecular weight excluding hydrogens is 282 g/mol. The number of benzene rings is 1. The number of hydrogen-bond acceptors (Lipinski definition) is 5. The lowest BCUT2D eigenvalue weighted by Crippen LogP contribution is -2.33. The van der Waals surface area contributed by atoms with E-state index in [1.165, 1.54) is 6.07 Å². The highest BCUT2D eigenvalue weighted by Crippen LogP contribution is 2.34. The van der Waals surface area contributed by atoms with E-state index in [0.717, 1.165) is 31.4 Å². The van der Waals surface area contributed by atoms with Gasteiger partial charge in [0, 0.05) is 18.2 Å². The van der Waals surface area contributed by atoms with Gasteiger partial charge in [-0.2, -0.15) is 0 Å². The standard InChI is InChI=1S/C12H17N3O4S/c1-8(6-9-2-3-9)14-20(18,19)12-5-4-10(15(16)17)7-11(12)13/h4-5,7-9,14H,2-3,6,13H2,1H3. The Morgan fingerprint density at radius 1 is 1.50 bits per heavy atom. The summed E-state index contributed by atoms with van der Waals surface area (Å²) in [5, 5.41) is 10.6. The Morgan fingerprint density at radius 2 is 2.15 bits per heavy atom. The van der Waals surface area contributed by atoms with Crippen molar-refractivity contribution in [3.05, 3.63) is 28.3 Å². The molecule has 0 saturated heterocycles. The van der Waals surface area contributed by atoms with Gasteiger partial charge in [-0.3, -0.25) is 10.1 Å². The van der Waals surface area contributed by atoms with Crippen molar-refractivity contribution in [1.82, 2.24) is 4.72 Å². The minimum Gasteiger partial charge on any atom is -0.397 e. The highest BCUT2D eigenvalue weighted by molar-refractivity contribution is 7.89. The summed E-state index contributed by atoms with van der Waals surface area (Å²) in [5.41, 5.74) is 5.26. The number of sulfonamides is 1.